The van der Waals surface area contributed by atoms with Gasteiger partial charge in [0.2, 0.25) is 0 Å². The summed E-state index contributed by atoms with van der Waals surface area (Å²) in [7, 11) is 5.25. The Labute approximate surface area is 115 Å². The Bertz CT molecular complexity index is 418. The number of anilines is 1. The van der Waals surface area contributed by atoms with Crippen LogP contribution in [0.4, 0.5) is 5.69 Å². The highest BCUT2D eigenvalue weighted by Crippen LogP contribution is 2.35. The summed E-state index contributed by atoms with van der Waals surface area (Å²) >= 11 is 0. The minimum atomic E-state index is 0.0804. The van der Waals surface area contributed by atoms with Crippen LogP contribution in [0.5, 0.6) is 11.5 Å². The van der Waals surface area contributed by atoms with Gasteiger partial charge >= 0.3 is 0 Å². The van der Waals surface area contributed by atoms with E-state index in [1.807, 2.05) is 26.1 Å². The van der Waals surface area contributed by atoms with Gasteiger partial charge in [-0.15, -0.1) is 0 Å². The lowest BCUT2D eigenvalue weighted by molar-refractivity contribution is 0.234. The maximum Gasteiger partial charge on any atom is 0.162 e. The highest BCUT2D eigenvalue weighted by molar-refractivity contribution is 5.61. The molecule has 108 valence electrons. The molecule has 0 heterocycles. The molecule has 0 fully saturated rings. The van der Waals surface area contributed by atoms with Crippen molar-refractivity contribution in [1.82, 2.24) is 0 Å². The Kier molecular flexibility index (Phi) is 5.48. The molecule has 0 spiro atoms. The normalized spacial score (nSPS) is 12.4. The maximum atomic E-state index is 9.55. The van der Waals surface area contributed by atoms with Gasteiger partial charge < -0.3 is 19.5 Å². The van der Waals surface area contributed by atoms with E-state index in [2.05, 4.69) is 18.7 Å². The van der Waals surface area contributed by atoms with Crippen LogP contribution in [0.3, 0.4) is 0 Å². The molecule has 4 nitrogen and oxygen atoms in total. The molecule has 1 aromatic carbocycles. The number of aliphatic hydroxyl groups is 1. The van der Waals surface area contributed by atoms with Crippen molar-refractivity contribution in [2.75, 3.05) is 32.8 Å². The smallest absolute Gasteiger partial charge is 0.162 e. The highest BCUT2D eigenvalue weighted by atomic mass is 16.5. The summed E-state index contributed by atoms with van der Waals surface area (Å²) in [6, 6.07) is 4.00. The van der Waals surface area contributed by atoms with Crippen LogP contribution in [0.15, 0.2) is 12.1 Å². The van der Waals surface area contributed by atoms with Crippen molar-refractivity contribution in [3.8, 4) is 11.5 Å². The van der Waals surface area contributed by atoms with Gasteiger partial charge in [-0.2, -0.15) is 0 Å². The lowest BCUT2D eigenvalue weighted by Gasteiger charge is -2.33. The quantitative estimate of drug-likeness (QED) is 0.859. The largest absolute Gasteiger partial charge is 0.493 e. The second-order valence-corrected chi connectivity index (χ2v) is 5.10. The highest BCUT2D eigenvalue weighted by Gasteiger charge is 2.21. The standard InChI is InChI=1S/C15H25NO3/c1-10(2)13(9-17)16(4)12-8-15(19-6)14(18-5)7-11(12)3/h7-8,10,13,17H,9H2,1-6H3. The molecule has 0 saturated heterocycles. The molecule has 1 rings (SSSR count). The Morgan fingerprint density at radius 1 is 1.16 bits per heavy atom. The number of aliphatic hydroxyl groups excluding tert-OH is 1. The van der Waals surface area contributed by atoms with Crippen molar-refractivity contribution in [2.45, 2.75) is 26.8 Å². The summed E-state index contributed by atoms with van der Waals surface area (Å²) in [4.78, 5) is 2.10. The Morgan fingerprint density at radius 3 is 2.11 bits per heavy atom. The number of benzene rings is 1. The van der Waals surface area contributed by atoms with E-state index < -0.39 is 0 Å². The molecule has 0 aliphatic carbocycles. The number of ether oxygens (including phenoxy) is 2. The van der Waals surface area contributed by atoms with Crippen LogP contribution in [-0.4, -0.2) is 39.0 Å². The van der Waals surface area contributed by atoms with Crippen molar-refractivity contribution >= 4 is 5.69 Å². The molecule has 0 saturated carbocycles. The number of nitrogens with zero attached hydrogens (tertiary/aromatic N) is 1. The minimum absolute atomic E-state index is 0.0804. The number of rotatable bonds is 6. The Morgan fingerprint density at radius 2 is 1.68 bits per heavy atom. The molecule has 4 heteroatoms. The van der Waals surface area contributed by atoms with Crippen LogP contribution in [0.2, 0.25) is 0 Å². The molecule has 19 heavy (non-hydrogen) atoms. The molecule has 0 radical (unpaired) electrons. The van der Waals surface area contributed by atoms with E-state index in [1.54, 1.807) is 14.2 Å². The van der Waals surface area contributed by atoms with Crippen molar-refractivity contribution in [2.24, 2.45) is 5.92 Å². The van der Waals surface area contributed by atoms with Gasteiger partial charge in [-0.05, 0) is 24.5 Å². The molecular formula is C15H25NO3. The van der Waals surface area contributed by atoms with Gasteiger partial charge in [0.15, 0.2) is 11.5 Å². The van der Waals surface area contributed by atoms with Gasteiger partial charge in [-0.1, -0.05) is 13.8 Å². The zero-order chi connectivity index (χ0) is 14.6. The van der Waals surface area contributed by atoms with Crippen LogP contribution < -0.4 is 14.4 Å². The van der Waals surface area contributed by atoms with Crippen molar-refractivity contribution in [3.05, 3.63) is 17.7 Å². The molecule has 0 aliphatic heterocycles. The number of likely N-dealkylation sites (N-methyl/N-ethyl adjacent to an activating group) is 1. The topological polar surface area (TPSA) is 41.9 Å². The predicted octanol–water partition coefficient (Wildman–Crippen LogP) is 2.47. The molecular weight excluding hydrogens is 242 g/mol. The van der Waals surface area contributed by atoms with Crippen LogP contribution in [0, 0.1) is 12.8 Å². The number of hydrogen-bond acceptors (Lipinski definition) is 4. The monoisotopic (exact) mass is 267 g/mol. The summed E-state index contributed by atoms with van der Waals surface area (Å²) in [6.07, 6.45) is 0. The molecule has 1 N–H and O–H groups in total. The van der Waals surface area contributed by atoms with E-state index in [-0.39, 0.29) is 12.6 Å². The minimum Gasteiger partial charge on any atom is -0.493 e. The average molecular weight is 267 g/mol. The molecule has 0 aliphatic rings. The van der Waals surface area contributed by atoms with Crippen LogP contribution in [0.25, 0.3) is 0 Å². The second-order valence-electron chi connectivity index (χ2n) is 5.10. The average Bonchev–Trinajstić information content (AvgIpc) is 2.38. The number of aryl methyl sites for hydroxylation is 1. The van der Waals surface area contributed by atoms with Crippen LogP contribution >= 0.6 is 0 Å². The molecule has 1 unspecified atom stereocenters. The van der Waals surface area contributed by atoms with Gasteiger partial charge in [-0.3, -0.25) is 0 Å². The van der Waals surface area contributed by atoms with E-state index in [4.69, 9.17) is 9.47 Å². The van der Waals surface area contributed by atoms with E-state index in [9.17, 15) is 5.11 Å². The van der Waals surface area contributed by atoms with Crippen LogP contribution in [0.1, 0.15) is 19.4 Å². The van der Waals surface area contributed by atoms with Gasteiger partial charge in [0.1, 0.15) is 0 Å². The van der Waals surface area contributed by atoms with E-state index in [0.29, 0.717) is 11.7 Å². The summed E-state index contributed by atoms with van der Waals surface area (Å²) in [5, 5.41) is 9.55. The van der Waals surface area contributed by atoms with Crippen LogP contribution in [-0.2, 0) is 0 Å². The first-order chi connectivity index (χ1) is 8.96. The first-order valence-electron chi connectivity index (χ1n) is 6.52. The SMILES string of the molecule is COc1cc(C)c(N(C)C(CO)C(C)C)cc1OC. The van der Waals surface area contributed by atoms with Crippen molar-refractivity contribution < 1.29 is 14.6 Å². The van der Waals surface area contributed by atoms with Crippen molar-refractivity contribution in [1.29, 1.82) is 0 Å². The molecule has 1 aromatic rings. The van der Waals surface area contributed by atoms with E-state index in [0.717, 1.165) is 17.0 Å². The fourth-order valence-electron chi connectivity index (χ4n) is 2.31. The predicted molar refractivity (Wildman–Crippen MR) is 78.4 cm³/mol. The summed E-state index contributed by atoms with van der Waals surface area (Å²) in [6.45, 7) is 6.37. The van der Waals surface area contributed by atoms with Crippen molar-refractivity contribution in [3.63, 3.8) is 0 Å². The zero-order valence-corrected chi connectivity index (χ0v) is 12.7. The second kappa shape index (κ2) is 6.66. The van der Waals surface area contributed by atoms with Gasteiger partial charge in [-0.25, -0.2) is 0 Å². The summed E-state index contributed by atoms with van der Waals surface area (Å²) in [5.41, 5.74) is 2.14. The molecule has 0 bridgehead atoms. The number of hydrogen-bond donors (Lipinski definition) is 1. The third-order valence-corrected chi connectivity index (χ3v) is 3.54. The molecule has 0 aromatic heterocycles. The zero-order valence-electron chi connectivity index (χ0n) is 12.7. The molecule has 1 atom stereocenters. The van der Waals surface area contributed by atoms with E-state index in [1.165, 1.54) is 0 Å². The third kappa shape index (κ3) is 3.32. The summed E-state index contributed by atoms with van der Waals surface area (Å²) < 4.78 is 10.6. The van der Waals surface area contributed by atoms with E-state index >= 15 is 0 Å². The van der Waals surface area contributed by atoms with Gasteiger partial charge in [0.05, 0.1) is 26.9 Å². The molecule has 0 amide bonds. The Balaban J connectivity index is 3.19. The third-order valence-electron chi connectivity index (χ3n) is 3.54. The van der Waals surface area contributed by atoms with Gasteiger partial charge in [0, 0.05) is 18.8 Å². The number of methoxy groups -OCH3 is 2. The lowest BCUT2D eigenvalue weighted by Crippen LogP contribution is -2.39. The fourth-order valence-corrected chi connectivity index (χ4v) is 2.31. The first kappa shape index (κ1) is 15.6. The maximum absolute atomic E-state index is 9.55. The van der Waals surface area contributed by atoms with Gasteiger partial charge in [0.25, 0.3) is 0 Å². The Hall–Kier alpha value is -1.42. The fraction of sp³-hybridized carbons (Fsp3) is 0.600. The summed E-state index contributed by atoms with van der Waals surface area (Å²) in [5.74, 6) is 1.79. The first-order valence-corrected chi connectivity index (χ1v) is 6.52. The lowest BCUT2D eigenvalue weighted by atomic mass is 10.0.